The molecule has 0 saturated carbocycles. The number of hydrogen-bond acceptors (Lipinski definition) is 3. The molecule has 7 heteroatoms. The van der Waals surface area contributed by atoms with Crippen molar-refractivity contribution in [2.24, 2.45) is 0 Å². The number of ether oxygens (including phenoxy) is 1. The lowest BCUT2D eigenvalue weighted by atomic mass is 10.2. The van der Waals surface area contributed by atoms with Crippen molar-refractivity contribution in [1.82, 2.24) is 5.32 Å². The average Bonchev–Trinajstić information content (AvgIpc) is 2.31. The van der Waals surface area contributed by atoms with Crippen LogP contribution in [0.5, 0.6) is 0 Å². The molecule has 18 heavy (non-hydrogen) atoms. The topological polar surface area (TPSA) is 75.6 Å². The van der Waals surface area contributed by atoms with Gasteiger partial charge in [-0.1, -0.05) is 23.2 Å². The molecule has 2 N–H and O–H groups in total. The van der Waals surface area contributed by atoms with Gasteiger partial charge >= 0.3 is 5.97 Å². The van der Waals surface area contributed by atoms with Crippen molar-refractivity contribution in [3.63, 3.8) is 0 Å². The summed E-state index contributed by atoms with van der Waals surface area (Å²) in [4.78, 5) is 21.8. The minimum atomic E-state index is -1.06. The SMILES string of the molecule is O=C(O)COCCNC(=O)c1cc(Cl)ccc1Cl. The van der Waals surface area contributed by atoms with Crippen molar-refractivity contribution in [2.75, 3.05) is 19.8 Å². The molecule has 1 aromatic rings. The number of carbonyl (C=O) groups excluding carboxylic acids is 1. The smallest absolute Gasteiger partial charge is 0.329 e. The number of aliphatic carboxylic acids is 1. The van der Waals surface area contributed by atoms with E-state index in [0.29, 0.717) is 10.0 Å². The van der Waals surface area contributed by atoms with Gasteiger partial charge in [-0.3, -0.25) is 4.79 Å². The molecular weight excluding hydrogens is 281 g/mol. The highest BCUT2D eigenvalue weighted by Gasteiger charge is 2.10. The Balaban J connectivity index is 2.41. The molecule has 0 bridgehead atoms. The summed E-state index contributed by atoms with van der Waals surface area (Å²) in [5, 5.41) is 11.6. The molecule has 0 radical (unpaired) electrons. The molecule has 0 aromatic heterocycles. The van der Waals surface area contributed by atoms with Crippen LogP contribution in [-0.2, 0) is 9.53 Å². The first kappa shape index (κ1) is 14.8. The molecule has 0 aliphatic rings. The summed E-state index contributed by atoms with van der Waals surface area (Å²) in [5.41, 5.74) is 0.266. The Labute approximate surface area is 114 Å². The van der Waals surface area contributed by atoms with Crippen molar-refractivity contribution < 1.29 is 19.4 Å². The second kappa shape index (κ2) is 7.20. The summed E-state index contributed by atoms with van der Waals surface area (Å²) in [7, 11) is 0. The van der Waals surface area contributed by atoms with Crippen molar-refractivity contribution in [2.45, 2.75) is 0 Å². The van der Waals surface area contributed by atoms with Crippen LogP contribution in [0.4, 0.5) is 0 Å². The van der Waals surface area contributed by atoms with Gasteiger partial charge in [0, 0.05) is 11.6 Å². The van der Waals surface area contributed by atoms with E-state index in [-0.39, 0.29) is 24.6 Å². The van der Waals surface area contributed by atoms with Crippen LogP contribution in [0.25, 0.3) is 0 Å². The fraction of sp³-hybridized carbons (Fsp3) is 0.273. The highest BCUT2D eigenvalue weighted by Crippen LogP contribution is 2.20. The van der Waals surface area contributed by atoms with Crippen LogP contribution in [0, 0.1) is 0 Å². The number of halogens is 2. The molecule has 0 fully saturated rings. The minimum Gasteiger partial charge on any atom is -0.480 e. The van der Waals surface area contributed by atoms with Crippen molar-refractivity contribution in [1.29, 1.82) is 0 Å². The Kier molecular flexibility index (Phi) is 5.91. The summed E-state index contributed by atoms with van der Waals surface area (Å²) in [5.74, 6) is -1.44. The van der Waals surface area contributed by atoms with E-state index < -0.39 is 12.6 Å². The van der Waals surface area contributed by atoms with E-state index in [4.69, 9.17) is 33.0 Å². The summed E-state index contributed by atoms with van der Waals surface area (Å²) in [6, 6.07) is 4.56. The second-order valence-corrected chi connectivity index (χ2v) is 4.17. The molecular formula is C11H11Cl2NO4. The monoisotopic (exact) mass is 291 g/mol. The Morgan fingerprint density at radius 1 is 1.33 bits per heavy atom. The molecule has 1 aromatic carbocycles. The van der Waals surface area contributed by atoms with Gasteiger partial charge in [0.15, 0.2) is 0 Å². The van der Waals surface area contributed by atoms with Gasteiger partial charge in [0.25, 0.3) is 5.91 Å². The lowest BCUT2D eigenvalue weighted by molar-refractivity contribution is -0.142. The summed E-state index contributed by atoms with van der Waals surface area (Å²) >= 11 is 11.6. The zero-order valence-electron chi connectivity index (χ0n) is 9.28. The van der Waals surface area contributed by atoms with Crippen molar-refractivity contribution in [3.05, 3.63) is 33.8 Å². The van der Waals surface area contributed by atoms with Gasteiger partial charge in [-0.05, 0) is 18.2 Å². The fourth-order valence-corrected chi connectivity index (χ4v) is 1.54. The second-order valence-electron chi connectivity index (χ2n) is 3.33. The predicted molar refractivity (Wildman–Crippen MR) is 67.3 cm³/mol. The third kappa shape index (κ3) is 4.91. The zero-order valence-corrected chi connectivity index (χ0v) is 10.8. The minimum absolute atomic E-state index is 0.107. The lowest BCUT2D eigenvalue weighted by Crippen LogP contribution is -2.28. The van der Waals surface area contributed by atoms with Crippen LogP contribution in [-0.4, -0.2) is 36.7 Å². The largest absolute Gasteiger partial charge is 0.480 e. The standard InChI is InChI=1S/C11H11Cl2NO4/c12-7-1-2-9(13)8(5-7)11(17)14-3-4-18-6-10(15)16/h1-2,5H,3-4,6H2,(H,14,17)(H,15,16). The van der Waals surface area contributed by atoms with E-state index in [1.165, 1.54) is 12.1 Å². The third-order valence-corrected chi connectivity index (χ3v) is 2.50. The van der Waals surface area contributed by atoms with Gasteiger partial charge in [-0.2, -0.15) is 0 Å². The van der Waals surface area contributed by atoms with Gasteiger partial charge < -0.3 is 15.2 Å². The van der Waals surface area contributed by atoms with Crippen LogP contribution in [0.15, 0.2) is 18.2 Å². The molecule has 98 valence electrons. The summed E-state index contributed by atoms with van der Waals surface area (Å²) in [6.07, 6.45) is 0. The molecule has 5 nitrogen and oxygen atoms in total. The predicted octanol–water partition coefficient (Wildman–Crippen LogP) is 1.82. The Morgan fingerprint density at radius 2 is 2.06 bits per heavy atom. The van der Waals surface area contributed by atoms with Crippen LogP contribution in [0.1, 0.15) is 10.4 Å². The lowest BCUT2D eigenvalue weighted by Gasteiger charge is -2.07. The van der Waals surface area contributed by atoms with E-state index in [1.807, 2.05) is 0 Å². The number of hydrogen-bond donors (Lipinski definition) is 2. The number of carbonyl (C=O) groups is 2. The van der Waals surface area contributed by atoms with Gasteiger partial charge in [-0.15, -0.1) is 0 Å². The van der Waals surface area contributed by atoms with Gasteiger partial charge in [-0.25, -0.2) is 4.79 Å². The van der Waals surface area contributed by atoms with Crippen LogP contribution < -0.4 is 5.32 Å². The molecule has 0 unspecified atom stereocenters. The maximum atomic E-state index is 11.7. The molecule has 1 amide bonds. The number of carboxylic acid groups (broad SMARTS) is 1. The first-order chi connectivity index (χ1) is 8.50. The normalized spacial score (nSPS) is 10.1. The number of benzene rings is 1. The first-order valence-corrected chi connectivity index (χ1v) is 5.79. The molecule has 0 atom stereocenters. The number of nitrogens with one attached hydrogen (secondary N) is 1. The van der Waals surface area contributed by atoms with Crippen LogP contribution >= 0.6 is 23.2 Å². The van der Waals surface area contributed by atoms with E-state index in [9.17, 15) is 9.59 Å². The van der Waals surface area contributed by atoms with Gasteiger partial charge in [0.05, 0.1) is 17.2 Å². The van der Waals surface area contributed by atoms with E-state index in [0.717, 1.165) is 0 Å². The van der Waals surface area contributed by atoms with E-state index >= 15 is 0 Å². The highest BCUT2D eigenvalue weighted by molar-refractivity contribution is 6.35. The van der Waals surface area contributed by atoms with E-state index in [2.05, 4.69) is 5.32 Å². The summed E-state index contributed by atoms with van der Waals surface area (Å²) in [6.45, 7) is -0.0982. The van der Waals surface area contributed by atoms with E-state index in [1.54, 1.807) is 6.07 Å². The molecule has 1 rings (SSSR count). The van der Waals surface area contributed by atoms with Crippen molar-refractivity contribution in [3.8, 4) is 0 Å². The Bertz CT molecular complexity index is 451. The van der Waals surface area contributed by atoms with Gasteiger partial charge in [0.2, 0.25) is 0 Å². The zero-order chi connectivity index (χ0) is 13.5. The van der Waals surface area contributed by atoms with Crippen LogP contribution in [0.3, 0.4) is 0 Å². The maximum Gasteiger partial charge on any atom is 0.329 e. The first-order valence-electron chi connectivity index (χ1n) is 5.03. The molecule has 0 spiro atoms. The fourth-order valence-electron chi connectivity index (χ4n) is 1.16. The van der Waals surface area contributed by atoms with Crippen molar-refractivity contribution >= 4 is 35.1 Å². The Morgan fingerprint density at radius 3 is 2.72 bits per heavy atom. The Hall–Kier alpha value is -1.30. The third-order valence-electron chi connectivity index (χ3n) is 1.93. The molecule has 0 saturated heterocycles. The number of amides is 1. The molecule has 0 aliphatic carbocycles. The quantitative estimate of drug-likeness (QED) is 0.784. The van der Waals surface area contributed by atoms with Crippen LogP contribution in [0.2, 0.25) is 10.0 Å². The van der Waals surface area contributed by atoms with Gasteiger partial charge in [0.1, 0.15) is 6.61 Å². The summed E-state index contributed by atoms with van der Waals surface area (Å²) < 4.78 is 4.76. The highest BCUT2D eigenvalue weighted by atomic mass is 35.5. The number of rotatable bonds is 6. The number of carboxylic acids is 1. The molecule has 0 aliphatic heterocycles. The maximum absolute atomic E-state index is 11.7. The average molecular weight is 292 g/mol. The molecule has 0 heterocycles.